The van der Waals surface area contributed by atoms with Gasteiger partial charge in [-0.3, -0.25) is 0 Å². The molecule has 3 aromatic carbocycles. The van der Waals surface area contributed by atoms with Gasteiger partial charge in [-0.1, -0.05) is 48.5 Å². The highest BCUT2D eigenvalue weighted by Crippen LogP contribution is 2.47. The maximum absolute atomic E-state index is 6.22. The summed E-state index contributed by atoms with van der Waals surface area (Å²) in [6, 6.07) is 27.2. The van der Waals surface area contributed by atoms with Crippen molar-refractivity contribution in [1.82, 2.24) is 0 Å². The Balaban J connectivity index is 1.41. The van der Waals surface area contributed by atoms with Gasteiger partial charge in [0.05, 0.1) is 0 Å². The number of rotatable bonds is 8. The van der Waals surface area contributed by atoms with Gasteiger partial charge in [0.2, 0.25) is 0 Å². The normalized spacial score (nSPS) is 21.5. The summed E-state index contributed by atoms with van der Waals surface area (Å²) in [6.07, 6.45) is 4.22. The third-order valence-corrected chi connectivity index (χ3v) is 8.18. The molecule has 0 radical (unpaired) electrons. The maximum Gasteiger partial charge on any atom is 0.157 e. The van der Waals surface area contributed by atoms with Crippen LogP contribution < -0.4 is 9.64 Å². The van der Waals surface area contributed by atoms with Gasteiger partial charge in [-0.15, -0.1) is 0 Å². The minimum absolute atomic E-state index is 0.113. The Morgan fingerprint density at radius 1 is 0.868 bits per heavy atom. The van der Waals surface area contributed by atoms with Crippen LogP contribution in [0.4, 0.5) is 5.69 Å². The molecule has 38 heavy (non-hydrogen) atoms. The van der Waals surface area contributed by atoms with E-state index in [1.807, 2.05) is 0 Å². The van der Waals surface area contributed by atoms with Crippen LogP contribution in [0.2, 0.25) is 0 Å². The first-order chi connectivity index (χ1) is 18.3. The Hall–Kier alpha value is -2.82. The SMILES string of the molecule is COC(CC1CCN(c2ccc([C@@H]3c4ccc(OC(C)(C)C)cc4CC[C@@H]3c3ccccc3)cc2)C1)OC. The van der Waals surface area contributed by atoms with Crippen LogP contribution in [0.25, 0.3) is 0 Å². The number of nitrogens with zero attached hydrogens (tertiary/aromatic N) is 1. The molecule has 5 rings (SSSR count). The van der Waals surface area contributed by atoms with Crippen molar-refractivity contribution < 1.29 is 14.2 Å². The maximum atomic E-state index is 6.22. The van der Waals surface area contributed by atoms with Crippen LogP contribution in [0.15, 0.2) is 72.8 Å². The smallest absolute Gasteiger partial charge is 0.157 e. The highest BCUT2D eigenvalue weighted by Gasteiger charge is 2.33. The van der Waals surface area contributed by atoms with Crippen LogP contribution >= 0.6 is 0 Å². The van der Waals surface area contributed by atoms with E-state index in [2.05, 4.69) is 98.5 Å². The van der Waals surface area contributed by atoms with E-state index in [0.717, 1.165) is 38.1 Å². The van der Waals surface area contributed by atoms with E-state index in [1.165, 1.54) is 34.4 Å². The lowest BCUT2D eigenvalue weighted by Gasteiger charge is -2.35. The Morgan fingerprint density at radius 2 is 1.61 bits per heavy atom. The van der Waals surface area contributed by atoms with E-state index < -0.39 is 0 Å². The molecule has 1 heterocycles. The first-order valence-electron chi connectivity index (χ1n) is 14.1. The molecule has 0 bridgehead atoms. The lowest BCUT2D eigenvalue weighted by Crippen LogP contribution is -2.24. The van der Waals surface area contributed by atoms with Crippen molar-refractivity contribution in [3.8, 4) is 5.75 Å². The van der Waals surface area contributed by atoms with E-state index >= 15 is 0 Å². The van der Waals surface area contributed by atoms with Gasteiger partial charge in [0.25, 0.3) is 0 Å². The number of hydrogen-bond acceptors (Lipinski definition) is 4. The van der Waals surface area contributed by atoms with Crippen LogP contribution in [0, 0.1) is 5.92 Å². The number of anilines is 1. The molecule has 0 aromatic heterocycles. The molecule has 1 aliphatic heterocycles. The van der Waals surface area contributed by atoms with E-state index in [4.69, 9.17) is 14.2 Å². The van der Waals surface area contributed by atoms with E-state index in [9.17, 15) is 0 Å². The lowest BCUT2D eigenvalue weighted by molar-refractivity contribution is -0.112. The van der Waals surface area contributed by atoms with Crippen molar-refractivity contribution >= 4 is 5.69 Å². The molecule has 1 aliphatic carbocycles. The fourth-order valence-corrected chi connectivity index (χ4v) is 6.40. The number of fused-ring (bicyclic) bond motifs is 1. The van der Waals surface area contributed by atoms with Crippen molar-refractivity contribution in [2.45, 2.75) is 70.2 Å². The predicted molar refractivity (Wildman–Crippen MR) is 155 cm³/mol. The standard InChI is InChI=1S/C34H43NO3/c1-34(2,3)38-29-16-18-31-27(22-29)13-17-30(25-9-7-6-8-10-25)33(31)26-11-14-28(15-12-26)35-20-19-24(23-35)21-32(36-4)37-5/h6-12,14-16,18,22,24,30,32-33H,13,17,19-21,23H2,1-5H3/t24?,30-,33+/m1/s1. The summed E-state index contributed by atoms with van der Waals surface area (Å²) in [6.45, 7) is 8.46. The zero-order valence-electron chi connectivity index (χ0n) is 23.7. The van der Waals surface area contributed by atoms with E-state index in [0.29, 0.717) is 17.8 Å². The molecule has 1 unspecified atom stereocenters. The second-order valence-corrected chi connectivity index (χ2v) is 11.9. The van der Waals surface area contributed by atoms with Crippen molar-refractivity contribution in [3.63, 3.8) is 0 Å². The van der Waals surface area contributed by atoms with Gasteiger partial charge < -0.3 is 19.1 Å². The van der Waals surface area contributed by atoms with Crippen molar-refractivity contribution in [2.24, 2.45) is 5.92 Å². The van der Waals surface area contributed by atoms with Gasteiger partial charge in [0.1, 0.15) is 11.4 Å². The first-order valence-corrected chi connectivity index (χ1v) is 14.1. The van der Waals surface area contributed by atoms with Gasteiger partial charge in [-0.25, -0.2) is 0 Å². The summed E-state index contributed by atoms with van der Waals surface area (Å²) in [5.41, 5.74) is 6.78. The number of benzene rings is 3. The summed E-state index contributed by atoms with van der Waals surface area (Å²) in [4.78, 5) is 2.51. The fraction of sp³-hybridized carbons (Fsp3) is 0.471. The quantitative estimate of drug-likeness (QED) is 0.291. The molecule has 3 atom stereocenters. The summed E-state index contributed by atoms with van der Waals surface area (Å²) in [7, 11) is 3.45. The second kappa shape index (κ2) is 11.5. The number of aryl methyl sites for hydroxylation is 1. The fourth-order valence-electron chi connectivity index (χ4n) is 6.40. The molecule has 2 aliphatic rings. The van der Waals surface area contributed by atoms with Crippen LogP contribution in [-0.2, 0) is 15.9 Å². The number of ether oxygens (including phenoxy) is 3. The molecular weight excluding hydrogens is 470 g/mol. The minimum Gasteiger partial charge on any atom is -0.488 e. The zero-order chi connectivity index (χ0) is 26.7. The van der Waals surface area contributed by atoms with Crippen molar-refractivity contribution in [3.05, 3.63) is 95.1 Å². The molecule has 0 saturated carbocycles. The molecule has 0 spiro atoms. The molecule has 4 nitrogen and oxygen atoms in total. The topological polar surface area (TPSA) is 30.9 Å². The molecule has 202 valence electrons. The lowest BCUT2D eigenvalue weighted by atomic mass is 9.69. The molecule has 3 aromatic rings. The highest BCUT2D eigenvalue weighted by molar-refractivity contribution is 5.53. The van der Waals surface area contributed by atoms with Gasteiger partial charge in [0, 0.05) is 45.3 Å². The van der Waals surface area contributed by atoms with Crippen LogP contribution in [-0.4, -0.2) is 39.2 Å². The Bertz CT molecular complexity index is 1180. The third-order valence-electron chi connectivity index (χ3n) is 8.18. The summed E-state index contributed by atoms with van der Waals surface area (Å²) < 4.78 is 17.1. The first kappa shape index (κ1) is 26.8. The van der Waals surface area contributed by atoms with Crippen LogP contribution in [0.1, 0.15) is 74.1 Å². The number of methoxy groups -OCH3 is 2. The average molecular weight is 514 g/mol. The molecular formula is C34H43NO3. The van der Waals surface area contributed by atoms with Crippen molar-refractivity contribution in [1.29, 1.82) is 0 Å². The largest absolute Gasteiger partial charge is 0.488 e. The van der Waals surface area contributed by atoms with Crippen LogP contribution in [0.5, 0.6) is 5.75 Å². The number of hydrogen-bond donors (Lipinski definition) is 0. The summed E-state index contributed by atoms with van der Waals surface area (Å²) >= 11 is 0. The Morgan fingerprint density at radius 3 is 2.29 bits per heavy atom. The van der Waals surface area contributed by atoms with Gasteiger partial charge >= 0.3 is 0 Å². The average Bonchev–Trinajstić information content (AvgIpc) is 3.39. The second-order valence-electron chi connectivity index (χ2n) is 11.9. The molecule has 0 amide bonds. The third kappa shape index (κ3) is 6.08. The van der Waals surface area contributed by atoms with Gasteiger partial charge in [0.15, 0.2) is 6.29 Å². The highest BCUT2D eigenvalue weighted by atomic mass is 16.7. The van der Waals surface area contributed by atoms with Crippen molar-refractivity contribution in [2.75, 3.05) is 32.2 Å². The van der Waals surface area contributed by atoms with E-state index in [1.54, 1.807) is 14.2 Å². The summed E-state index contributed by atoms with van der Waals surface area (Å²) in [5.74, 6) is 2.35. The van der Waals surface area contributed by atoms with E-state index in [-0.39, 0.29) is 11.9 Å². The Kier molecular flexibility index (Phi) is 8.11. The molecule has 1 fully saturated rings. The zero-order valence-corrected chi connectivity index (χ0v) is 23.7. The molecule has 1 saturated heterocycles. The Labute approximate surface area is 228 Å². The predicted octanol–water partition coefficient (Wildman–Crippen LogP) is 7.56. The van der Waals surface area contributed by atoms with Crippen LogP contribution in [0.3, 0.4) is 0 Å². The molecule has 4 heteroatoms. The van der Waals surface area contributed by atoms with Gasteiger partial charge in [-0.05, 0) is 98.4 Å². The van der Waals surface area contributed by atoms with Gasteiger partial charge in [-0.2, -0.15) is 0 Å². The monoisotopic (exact) mass is 513 g/mol. The summed E-state index contributed by atoms with van der Waals surface area (Å²) in [5, 5.41) is 0. The molecule has 0 N–H and O–H groups in total. The minimum atomic E-state index is -0.201.